The number of pyridine rings is 2. The molecule has 0 bridgehead atoms. The van der Waals surface area contributed by atoms with E-state index in [2.05, 4.69) is 4.98 Å². The molecule has 0 saturated carbocycles. The average molecular weight is 392 g/mol. The second kappa shape index (κ2) is 5.90. The first-order valence-electron chi connectivity index (χ1n) is 9.62. The van der Waals surface area contributed by atoms with Crippen LogP contribution in [-0.2, 0) is 23.4 Å². The van der Waals surface area contributed by atoms with Gasteiger partial charge in [0, 0.05) is 28.5 Å². The van der Waals surface area contributed by atoms with E-state index in [0.29, 0.717) is 46.7 Å². The lowest BCUT2D eigenvalue weighted by Crippen LogP contribution is -2.43. The number of aromatic hydroxyl groups is 1. The van der Waals surface area contributed by atoms with Crippen LogP contribution in [0.5, 0.6) is 11.5 Å². The Morgan fingerprint density at radius 1 is 1.24 bits per heavy atom. The summed E-state index contributed by atoms with van der Waals surface area (Å²) in [5.74, 6) is -0.00699. The van der Waals surface area contributed by atoms with Gasteiger partial charge in [-0.05, 0) is 37.1 Å². The monoisotopic (exact) mass is 392 g/mol. The van der Waals surface area contributed by atoms with Crippen molar-refractivity contribution in [3.63, 3.8) is 0 Å². The molecule has 2 aliphatic rings. The molecule has 0 saturated heterocycles. The molecular weight excluding hydrogens is 372 g/mol. The molecule has 1 aliphatic heterocycles. The van der Waals surface area contributed by atoms with E-state index in [4.69, 9.17) is 4.74 Å². The summed E-state index contributed by atoms with van der Waals surface area (Å²) in [6.45, 7) is 2.10. The second-order valence-electron chi connectivity index (χ2n) is 7.63. The van der Waals surface area contributed by atoms with E-state index in [1.165, 1.54) is 7.11 Å². The van der Waals surface area contributed by atoms with Crippen molar-refractivity contribution in [1.29, 1.82) is 0 Å². The number of rotatable bonds is 2. The molecule has 0 spiro atoms. The highest BCUT2D eigenvalue weighted by Crippen LogP contribution is 2.41. The number of phenols is 1. The van der Waals surface area contributed by atoms with Gasteiger partial charge in [-0.25, -0.2) is 4.98 Å². The molecule has 0 radical (unpaired) electrons. The van der Waals surface area contributed by atoms with Crippen LogP contribution in [-0.4, -0.2) is 32.7 Å². The Labute approximate surface area is 166 Å². The van der Waals surface area contributed by atoms with Crippen molar-refractivity contribution in [2.45, 2.75) is 38.3 Å². The van der Waals surface area contributed by atoms with Crippen LogP contribution in [0.4, 0.5) is 0 Å². The third kappa shape index (κ3) is 2.25. The van der Waals surface area contributed by atoms with Gasteiger partial charge in [0.15, 0.2) is 17.3 Å². The maximum Gasteiger partial charge on any atom is 0.254 e. The number of phenolic OH excluding ortho intramolecular Hbond substituents is 1. The average Bonchev–Trinajstić information content (AvgIpc) is 3.08. The van der Waals surface area contributed by atoms with Crippen molar-refractivity contribution in [2.75, 3.05) is 7.11 Å². The zero-order valence-electron chi connectivity index (χ0n) is 16.2. The fourth-order valence-corrected chi connectivity index (χ4v) is 4.56. The summed E-state index contributed by atoms with van der Waals surface area (Å²) in [6.07, 6.45) is 0.700. The van der Waals surface area contributed by atoms with Gasteiger partial charge in [0.1, 0.15) is 11.1 Å². The Morgan fingerprint density at radius 3 is 2.76 bits per heavy atom. The summed E-state index contributed by atoms with van der Waals surface area (Å²) >= 11 is 0. The Balaban J connectivity index is 1.80. The molecule has 1 atom stereocenters. The molecule has 0 unspecified atom stereocenters. The predicted molar refractivity (Wildman–Crippen MR) is 106 cm³/mol. The Hall–Kier alpha value is -3.19. The molecule has 0 amide bonds. The Bertz CT molecular complexity index is 1280. The number of ketones is 1. The second-order valence-corrected chi connectivity index (χ2v) is 7.63. The zero-order chi connectivity index (χ0) is 20.5. The van der Waals surface area contributed by atoms with Crippen molar-refractivity contribution in [1.82, 2.24) is 9.55 Å². The number of benzene rings is 1. The summed E-state index contributed by atoms with van der Waals surface area (Å²) in [5.41, 5.74) is 1.40. The van der Waals surface area contributed by atoms with Crippen LogP contribution < -0.4 is 10.3 Å². The molecule has 2 N–H and O–H groups in total. The van der Waals surface area contributed by atoms with Gasteiger partial charge in [-0.15, -0.1) is 0 Å². The van der Waals surface area contributed by atoms with Crippen LogP contribution in [0.25, 0.3) is 22.3 Å². The van der Waals surface area contributed by atoms with Crippen LogP contribution in [0, 0.1) is 0 Å². The van der Waals surface area contributed by atoms with Crippen molar-refractivity contribution in [2.24, 2.45) is 0 Å². The molecule has 7 nitrogen and oxygen atoms in total. The molecular formula is C22H20N2O5. The zero-order valence-corrected chi connectivity index (χ0v) is 16.2. The van der Waals surface area contributed by atoms with Crippen LogP contribution in [0.15, 0.2) is 29.1 Å². The highest BCUT2D eigenvalue weighted by atomic mass is 16.5. The molecule has 2 aromatic heterocycles. The number of nitrogens with zero attached hydrogens (tertiary/aromatic N) is 2. The standard InChI is InChI=1S/C22H20N2O5/c1-3-22(28)14-9-15-18-12(10-24(15)21(27)13(14)5-7-17(22)25)8-11-4-6-16(29-2)20(26)19(11)23-18/h4,6,8-9,26,28H,3,5,7,10H2,1-2H3/t22-/m0/s1. The first kappa shape index (κ1) is 17.9. The van der Waals surface area contributed by atoms with E-state index in [1.54, 1.807) is 23.6 Å². The molecule has 5 rings (SSSR count). The highest BCUT2D eigenvalue weighted by Gasteiger charge is 2.43. The molecule has 0 fully saturated rings. The summed E-state index contributed by atoms with van der Waals surface area (Å²) in [4.78, 5) is 30.3. The minimum absolute atomic E-state index is 0.0632. The lowest BCUT2D eigenvalue weighted by atomic mass is 9.77. The van der Waals surface area contributed by atoms with E-state index >= 15 is 0 Å². The normalized spacial score (nSPS) is 19.8. The fraction of sp³-hybridized carbons (Fsp3) is 0.318. The maximum atomic E-state index is 13.2. The number of hydrogen-bond donors (Lipinski definition) is 2. The number of fused-ring (bicyclic) bond motifs is 5. The Morgan fingerprint density at radius 2 is 2.03 bits per heavy atom. The first-order chi connectivity index (χ1) is 13.9. The van der Waals surface area contributed by atoms with Gasteiger partial charge in [0.2, 0.25) is 0 Å². The molecule has 1 aliphatic carbocycles. The predicted octanol–water partition coefficient (Wildman–Crippen LogP) is 2.25. The van der Waals surface area contributed by atoms with Gasteiger partial charge in [-0.3, -0.25) is 9.59 Å². The topological polar surface area (TPSA) is 102 Å². The summed E-state index contributed by atoms with van der Waals surface area (Å²) in [7, 11) is 1.47. The van der Waals surface area contributed by atoms with Gasteiger partial charge < -0.3 is 19.5 Å². The molecule has 29 heavy (non-hydrogen) atoms. The highest BCUT2D eigenvalue weighted by molar-refractivity contribution is 5.92. The van der Waals surface area contributed by atoms with Crippen LogP contribution >= 0.6 is 0 Å². The summed E-state index contributed by atoms with van der Waals surface area (Å²) in [5, 5.41) is 22.2. The SMILES string of the molecule is CC[C@@]1(O)C(=O)CCc2c1cc1n(c2=O)Cc2cc3ccc(OC)c(O)c3nc2-1. The van der Waals surface area contributed by atoms with E-state index in [1.807, 2.05) is 12.1 Å². The number of carbonyl (C=O) groups is 1. The minimum Gasteiger partial charge on any atom is -0.503 e. The van der Waals surface area contributed by atoms with E-state index in [-0.39, 0.29) is 29.9 Å². The molecule has 3 aromatic rings. The van der Waals surface area contributed by atoms with Gasteiger partial charge in [-0.2, -0.15) is 0 Å². The minimum atomic E-state index is -1.65. The number of ether oxygens (including phenoxy) is 1. The van der Waals surface area contributed by atoms with Crippen LogP contribution in [0.2, 0.25) is 0 Å². The van der Waals surface area contributed by atoms with Crippen molar-refractivity contribution in [3.8, 4) is 22.9 Å². The molecule has 3 heterocycles. The third-order valence-corrected chi connectivity index (χ3v) is 6.21. The van der Waals surface area contributed by atoms with Gasteiger partial charge in [0.25, 0.3) is 5.56 Å². The number of aliphatic hydroxyl groups is 1. The van der Waals surface area contributed by atoms with E-state index in [0.717, 1.165) is 10.9 Å². The van der Waals surface area contributed by atoms with Crippen molar-refractivity contribution in [3.05, 3.63) is 51.3 Å². The van der Waals surface area contributed by atoms with Crippen LogP contribution in [0.1, 0.15) is 36.5 Å². The summed E-state index contributed by atoms with van der Waals surface area (Å²) < 4.78 is 6.81. The first-order valence-corrected chi connectivity index (χ1v) is 9.62. The summed E-state index contributed by atoms with van der Waals surface area (Å²) in [6, 6.07) is 7.11. The molecule has 7 heteroatoms. The molecule has 148 valence electrons. The van der Waals surface area contributed by atoms with Crippen LogP contribution in [0.3, 0.4) is 0 Å². The largest absolute Gasteiger partial charge is 0.503 e. The maximum absolute atomic E-state index is 13.2. The third-order valence-electron chi connectivity index (χ3n) is 6.21. The number of hydrogen-bond acceptors (Lipinski definition) is 6. The van der Waals surface area contributed by atoms with Gasteiger partial charge in [-0.1, -0.05) is 6.92 Å². The lowest BCUT2D eigenvalue weighted by Gasteiger charge is -2.32. The van der Waals surface area contributed by atoms with Gasteiger partial charge >= 0.3 is 0 Å². The van der Waals surface area contributed by atoms with Crippen molar-refractivity contribution < 1.29 is 19.7 Å². The van der Waals surface area contributed by atoms with E-state index < -0.39 is 5.60 Å². The lowest BCUT2D eigenvalue weighted by molar-refractivity contribution is -0.140. The Kier molecular flexibility index (Phi) is 3.64. The number of Topliss-reactive ketones (excluding diaryl/α,β-unsaturated/α-hetero) is 1. The van der Waals surface area contributed by atoms with Crippen molar-refractivity contribution >= 4 is 16.7 Å². The number of methoxy groups -OCH3 is 1. The fourth-order valence-electron chi connectivity index (χ4n) is 4.56. The number of aromatic nitrogens is 2. The smallest absolute Gasteiger partial charge is 0.254 e. The quantitative estimate of drug-likeness (QED) is 0.543. The van der Waals surface area contributed by atoms with Gasteiger partial charge in [0.05, 0.1) is 25.0 Å². The molecule has 1 aromatic carbocycles. The van der Waals surface area contributed by atoms with E-state index in [9.17, 15) is 19.8 Å². The number of carbonyl (C=O) groups excluding carboxylic acids is 1.